The number of hydrogen-bond donors (Lipinski definition) is 0. The normalized spacial score (nSPS) is 13.6. The molecule has 164 valence electrons. The molecule has 34 heavy (non-hydrogen) atoms. The minimum atomic E-state index is -0.512. The molecule has 0 atom stereocenters. The molecule has 4 nitrogen and oxygen atoms in total. The maximum absolute atomic E-state index is 12.8. The van der Waals surface area contributed by atoms with E-state index in [0.29, 0.717) is 17.1 Å². The molecule has 1 heterocycles. The Kier molecular flexibility index (Phi) is 5.87. The van der Waals surface area contributed by atoms with E-state index in [-0.39, 0.29) is 11.5 Å². The molecule has 0 amide bonds. The smallest absolute Gasteiger partial charge is 0.336 e. The first-order valence-corrected chi connectivity index (χ1v) is 10.8. The molecule has 0 radical (unpaired) electrons. The van der Waals surface area contributed by atoms with Crippen molar-refractivity contribution < 1.29 is 19.1 Å². The van der Waals surface area contributed by atoms with Crippen molar-refractivity contribution in [2.45, 2.75) is 0 Å². The Morgan fingerprint density at radius 3 is 2.15 bits per heavy atom. The van der Waals surface area contributed by atoms with Crippen molar-refractivity contribution in [3.63, 3.8) is 0 Å². The average molecular weight is 444 g/mol. The summed E-state index contributed by atoms with van der Waals surface area (Å²) in [6, 6.07) is 32.2. The lowest BCUT2D eigenvalue weighted by Gasteiger charge is -2.04. The number of hydrogen-bond acceptors (Lipinski definition) is 4. The first-order valence-electron chi connectivity index (χ1n) is 10.8. The van der Waals surface area contributed by atoms with Crippen LogP contribution in [0.4, 0.5) is 0 Å². The Labute approximate surface area is 197 Å². The SMILES string of the molecule is O=C(/C=C/c1ccccc1)Oc1ccc2c(c1)O/C(=C\c1ccc(-c3ccccc3)cc1)C2=O. The number of benzene rings is 4. The van der Waals surface area contributed by atoms with Crippen LogP contribution in [0.1, 0.15) is 21.5 Å². The number of Topliss-reactive ketones (excluding diaryl/α,β-unsaturated/α-hetero) is 1. The summed E-state index contributed by atoms with van der Waals surface area (Å²) in [5, 5.41) is 0. The van der Waals surface area contributed by atoms with Crippen molar-refractivity contribution in [3.8, 4) is 22.6 Å². The number of allylic oxidation sites excluding steroid dienone is 1. The fraction of sp³-hybridized carbons (Fsp3) is 0. The molecule has 4 heteroatoms. The lowest BCUT2D eigenvalue weighted by atomic mass is 10.0. The van der Waals surface area contributed by atoms with Crippen LogP contribution in [-0.2, 0) is 4.79 Å². The fourth-order valence-electron chi connectivity index (χ4n) is 3.66. The largest absolute Gasteiger partial charge is 0.452 e. The zero-order chi connectivity index (χ0) is 23.3. The lowest BCUT2D eigenvalue weighted by molar-refractivity contribution is -0.128. The summed E-state index contributed by atoms with van der Waals surface area (Å²) in [5.41, 5.74) is 4.41. The first kappa shape index (κ1) is 21.2. The number of carbonyl (C=O) groups is 2. The second-order valence-corrected chi connectivity index (χ2v) is 7.75. The van der Waals surface area contributed by atoms with Crippen LogP contribution in [0.3, 0.4) is 0 Å². The molecule has 1 aliphatic rings. The molecule has 0 spiro atoms. The molecule has 0 unspecified atom stereocenters. The van der Waals surface area contributed by atoms with Crippen LogP contribution < -0.4 is 9.47 Å². The third kappa shape index (κ3) is 4.71. The second-order valence-electron chi connectivity index (χ2n) is 7.75. The van der Waals surface area contributed by atoms with Gasteiger partial charge in [0.1, 0.15) is 11.5 Å². The van der Waals surface area contributed by atoms with Gasteiger partial charge in [0, 0.05) is 12.1 Å². The van der Waals surface area contributed by atoms with Gasteiger partial charge in [-0.2, -0.15) is 0 Å². The maximum Gasteiger partial charge on any atom is 0.336 e. The molecule has 0 saturated heterocycles. The molecule has 0 N–H and O–H groups in total. The van der Waals surface area contributed by atoms with Gasteiger partial charge in [-0.1, -0.05) is 84.9 Å². The Morgan fingerprint density at radius 1 is 0.735 bits per heavy atom. The molecular formula is C30H20O4. The van der Waals surface area contributed by atoms with Gasteiger partial charge in [0.05, 0.1) is 5.56 Å². The highest BCUT2D eigenvalue weighted by molar-refractivity contribution is 6.14. The minimum absolute atomic E-state index is 0.205. The summed E-state index contributed by atoms with van der Waals surface area (Å²) >= 11 is 0. The molecule has 0 aliphatic carbocycles. The molecule has 4 aromatic carbocycles. The highest BCUT2D eigenvalue weighted by Gasteiger charge is 2.28. The van der Waals surface area contributed by atoms with Crippen LogP contribution in [0.2, 0.25) is 0 Å². The Bertz CT molecular complexity index is 1400. The van der Waals surface area contributed by atoms with E-state index in [1.54, 1.807) is 30.4 Å². The summed E-state index contributed by atoms with van der Waals surface area (Å²) in [5.74, 6) is 0.193. The topological polar surface area (TPSA) is 52.6 Å². The summed E-state index contributed by atoms with van der Waals surface area (Å²) in [7, 11) is 0. The Balaban J connectivity index is 1.28. The van der Waals surface area contributed by atoms with E-state index < -0.39 is 5.97 Å². The Hall–Kier alpha value is -4.70. The quantitative estimate of drug-likeness (QED) is 0.198. The predicted octanol–water partition coefficient (Wildman–Crippen LogP) is 6.59. The van der Waals surface area contributed by atoms with Gasteiger partial charge in [0.2, 0.25) is 5.78 Å². The van der Waals surface area contributed by atoms with E-state index in [9.17, 15) is 9.59 Å². The van der Waals surface area contributed by atoms with Crippen LogP contribution >= 0.6 is 0 Å². The molecule has 0 aromatic heterocycles. The fourth-order valence-corrected chi connectivity index (χ4v) is 3.66. The highest BCUT2D eigenvalue weighted by Crippen LogP contribution is 2.35. The van der Waals surface area contributed by atoms with Crippen LogP contribution in [-0.4, -0.2) is 11.8 Å². The maximum atomic E-state index is 12.8. The van der Waals surface area contributed by atoms with Crippen LogP contribution in [0, 0.1) is 0 Å². The predicted molar refractivity (Wildman–Crippen MR) is 132 cm³/mol. The number of rotatable bonds is 5. The van der Waals surface area contributed by atoms with Crippen LogP contribution in [0.25, 0.3) is 23.3 Å². The van der Waals surface area contributed by atoms with Gasteiger partial charge in [0.25, 0.3) is 0 Å². The average Bonchev–Trinajstić information content (AvgIpc) is 3.18. The van der Waals surface area contributed by atoms with Gasteiger partial charge in [-0.15, -0.1) is 0 Å². The van der Waals surface area contributed by atoms with Crippen LogP contribution in [0.5, 0.6) is 11.5 Å². The van der Waals surface area contributed by atoms with Crippen molar-refractivity contribution in [3.05, 3.63) is 132 Å². The third-order valence-corrected chi connectivity index (χ3v) is 5.39. The summed E-state index contributed by atoms with van der Waals surface area (Å²) < 4.78 is 11.2. The van der Waals surface area contributed by atoms with Crippen molar-refractivity contribution in [2.75, 3.05) is 0 Å². The van der Waals surface area contributed by atoms with Crippen LogP contribution in [0.15, 0.2) is 115 Å². The monoisotopic (exact) mass is 444 g/mol. The number of ketones is 1. The van der Waals surface area contributed by atoms with E-state index in [2.05, 4.69) is 12.1 Å². The van der Waals surface area contributed by atoms with Gasteiger partial charge >= 0.3 is 5.97 Å². The van der Waals surface area contributed by atoms with Gasteiger partial charge in [0.15, 0.2) is 5.76 Å². The van der Waals surface area contributed by atoms with Gasteiger partial charge in [-0.05, 0) is 46.5 Å². The summed E-state index contributed by atoms with van der Waals surface area (Å²) in [6.45, 7) is 0. The molecule has 0 bridgehead atoms. The number of esters is 1. The molecule has 0 fully saturated rings. The van der Waals surface area contributed by atoms with E-state index in [1.807, 2.05) is 72.8 Å². The summed E-state index contributed by atoms with van der Waals surface area (Å²) in [4.78, 5) is 24.9. The zero-order valence-electron chi connectivity index (χ0n) is 18.2. The number of fused-ring (bicyclic) bond motifs is 1. The third-order valence-electron chi connectivity index (χ3n) is 5.39. The zero-order valence-corrected chi connectivity index (χ0v) is 18.2. The molecular weight excluding hydrogens is 424 g/mol. The lowest BCUT2D eigenvalue weighted by Crippen LogP contribution is -2.03. The van der Waals surface area contributed by atoms with Gasteiger partial charge in [-0.25, -0.2) is 4.79 Å². The standard InChI is InChI=1S/C30H20O4/c31-29(18-13-21-7-3-1-4-8-21)33-25-16-17-26-27(20-25)34-28(30(26)32)19-22-11-14-24(15-12-22)23-9-5-2-6-10-23/h1-20H/b18-13+,28-19-. The number of ether oxygens (including phenoxy) is 2. The number of carbonyl (C=O) groups excluding carboxylic acids is 2. The molecule has 1 aliphatic heterocycles. The second kappa shape index (κ2) is 9.43. The van der Waals surface area contributed by atoms with E-state index in [1.165, 1.54) is 6.08 Å². The molecule has 4 aromatic rings. The van der Waals surface area contributed by atoms with Crippen molar-refractivity contribution in [2.24, 2.45) is 0 Å². The van der Waals surface area contributed by atoms with Gasteiger partial charge in [-0.3, -0.25) is 4.79 Å². The van der Waals surface area contributed by atoms with Gasteiger partial charge < -0.3 is 9.47 Å². The first-order chi connectivity index (χ1) is 16.7. The summed E-state index contributed by atoms with van der Waals surface area (Å²) in [6.07, 6.45) is 4.75. The van der Waals surface area contributed by atoms with E-state index >= 15 is 0 Å². The van der Waals surface area contributed by atoms with E-state index in [4.69, 9.17) is 9.47 Å². The minimum Gasteiger partial charge on any atom is -0.452 e. The van der Waals surface area contributed by atoms with Crippen molar-refractivity contribution >= 4 is 23.9 Å². The molecule has 5 rings (SSSR count). The highest BCUT2D eigenvalue weighted by atomic mass is 16.5. The van der Waals surface area contributed by atoms with Crippen molar-refractivity contribution in [1.29, 1.82) is 0 Å². The van der Waals surface area contributed by atoms with Crippen molar-refractivity contribution in [1.82, 2.24) is 0 Å². The van der Waals surface area contributed by atoms with E-state index in [0.717, 1.165) is 22.3 Å². The Morgan fingerprint density at radius 2 is 1.41 bits per heavy atom. The molecule has 0 saturated carbocycles.